The van der Waals surface area contributed by atoms with Crippen molar-refractivity contribution in [1.82, 2.24) is 20.5 Å². The summed E-state index contributed by atoms with van der Waals surface area (Å²) in [7, 11) is 0. The molecule has 2 heterocycles. The van der Waals surface area contributed by atoms with Gasteiger partial charge in [0.05, 0.1) is 12.2 Å². The number of nitrogens with zero attached hydrogens (tertiary/aromatic N) is 3. The predicted molar refractivity (Wildman–Crippen MR) is 104 cm³/mol. The van der Waals surface area contributed by atoms with E-state index in [1.165, 1.54) is 43.8 Å². The second-order valence-corrected chi connectivity index (χ2v) is 7.90. The number of rotatable bonds is 7. The molecule has 0 saturated carbocycles. The first-order valence-corrected chi connectivity index (χ1v) is 10.1. The van der Waals surface area contributed by atoms with Crippen LogP contribution in [-0.2, 0) is 6.54 Å². The van der Waals surface area contributed by atoms with Gasteiger partial charge in [0.2, 0.25) is 0 Å². The van der Waals surface area contributed by atoms with Crippen LogP contribution < -0.4 is 10.6 Å². The molecule has 1 aliphatic heterocycles. The van der Waals surface area contributed by atoms with Crippen molar-refractivity contribution < 1.29 is 0 Å². The molecule has 0 amide bonds. The quantitative estimate of drug-likeness (QED) is 0.586. The van der Waals surface area contributed by atoms with Gasteiger partial charge >= 0.3 is 0 Å². The zero-order chi connectivity index (χ0) is 17.4. The third kappa shape index (κ3) is 6.06. The van der Waals surface area contributed by atoms with Gasteiger partial charge in [-0.05, 0) is 65.6 Å². The molecule has 136 valence electrons. The van der Waals surface area contributed by atoms with Gasteiger partial charge < -0.3 is 15.5 Å². The lowest BCUT2D eigenvalue weighted by Gasteiger charge is -2.32. The van der Waals surface area contributed by atoms with Gasteiger partial charge in [0.1, 0.15) is 5.01 Å². The Morgan fingerprint density at radius 3 is 2.58 bits per heavy atom. The summed E-state index contributed by atoms with van der Waals surface area (Å²) in [5, 5.41) is 7.97. The number of aryl methyl sites for hydroxylation is 2. The minimum Gasteiger partial charge on any atom is -0.357 e. The first-order valence-electron chi connectivity index (χ1n) is 9.29. The third-order valence-corrected chi connectivity index (χ3v) is 5.65. The number of guanidine groups is 1. The van der Waals surface area contributed by atoms with E-state index >= 15 is 0 Å². The number of nitrogens with one attached hydrogen (secondary N) is 2. The van der Waals surface area contributed by atoms with Crippen LogP contribution in [0.3, 0.4) is 0 Å². The maximum absolute atomic E-state index is 4.70. The molecule has 5 nitrogen and oxygen atoms in total. The van der Waals surface area contributed by atoms with Crippen molar-refractivity contribution in [2.75, 3.05) is 32.7 Å². The fourth-order valence-corrected chi connectivity index (χ4v) is 3.93. The number of piperidine rings is 1. The van der Waals surface area contributed by atoms with Crippen LogP contribution in [0.5, 0.6) is 0 Å². The van der Waals surface area contributed by atoms with E-state index in [4.69, 9.17) is 4.99 Å². The zero-order valence-corrected chi connectivity index (χ0v) is 16.5. The first-order chi connectivity index (χ1) is 11.6. The average molecular weight is 352 g/mol. The Hall–Kier alpha value is -1.14. The van der Waals surface area contributed by atoms with Gasteiger partial charge in [-0.3, -0.25) is 0 Å². The zero-order valence-electron chi connectivity index (χ0n) is 15.7. The van der Waals surface area contributed by atoms with Gasteiger partial charge in [0, 0.05) is 18.0 Å². The van der Waals surface area contributed by atoms with Gasteiger partial charge in [-0.1, -0.05) is 6.92 Å². The molecule has 2 N–H and O–H groups in total. The van der Waals surface area contributed by atoms with Crippen LogP contribution in [-0.4, -0.2) is 48.6 Å². The minimum atomic E-state index is 0.656. The lowest BCUT2D eigenvalue weighted by molar-refractivity contribution is 0.185. The monoisotopic (exact) mass is 351 g/mol. The molecule has 0 unspecified atom stereocenters. The number of hydrogen-bond acceptors (Lipinski definition) is 4. The van der Waals surface area contributed by atoms with Crippen molar-refractivity contribution in [1.29, 1.82) is 0 Å². The standard InChI is InChI=1S/C18H33N5S/c1-5-9-23-10-7-16(8-11-23)12-20-18(19-6-2)21-13-17-22-14(3)15(4)24-17/h16H,5-13H2,1-4H3,(H2,19,20,21). The molecule has 1 aromatic rings. The van der Waals surface area contributed by atoms with Crippen LogP contribution in [0.4, 0.5) is 0 Å². The van der Waals surface area contributed by atoms with E-state index in [2.05, 4.69) is 48.2 Å². The van der Waals surface area contributed by atoms with Crippen LogP contribution in [0.15, 0.2) is 4.99 Å². The fourth-order valence-electron chi connectivity index (χ4n) is 3.07. The smallest absolute Gasteiger partial charge is 0.191 e. The second-order valence-electron chi connectivity index (χ2n) is 6.61. The molecule has 0 aromatic carbocycles. The van der Waals surface area contributed by atoms with Gasteiger partial charge in [-0.15, -0.1) is 11.3 Å². The lowest BCUT2D eigenvalue weighted by atomic mass is 9.97. The first kappa shape index (κ1) is 19.2. The SMILES string of the molecule is CCCN1CCC(CNC(=NCc2nc(C)c(C)s2)NCC)CC1. The van der Waals surface area contributed by atoms with Gasteiger partial charge in [0.15, 0.2) is 5.96 Å². The molecule has 2 rings (SSSR count). The number of likely N-dealkylation sites (tertiary alicyclic amines) is 1. The molecule has 24 heavy (non-hydrogen) atoms. The molecule has 0 atom stereocenters. The lowest BCUT2D eigenvalue weighted by Crippen LogP contribution is -2.43. The summed E-state index contributed by atoms with van der Waals surface area (Å²) >= 11 is 1.75. The van der Waals surface area contributed by atoms with Crippen LogP contribution in [0, 0.1) is 19.8 Å². The Bertz CT molecular complexity index is 498. The van der Waals surface area contributed by atoms with Crippen molar-refractivity contribution in [2.45, 2.75) is 53.5 Å². The highest BCUT2D eigenvalue weighted by molar-refractivity contribution is 7.11. The Morgan fingerprint density at radius 1 is 1.25 bits per heavy atom. The molecular weight excluding hydrogens is 318 g/mol. The largest absolute Gasteiger partial charge is 0.357 e. The van der Waals surface area contributed by atoms with E-state index in [0.717, 1.165) is 35.7 Å². The number of aliphatic imine (C=N–C) groups is 1. The molecule has 1 saturated heterocycles. The number of hydrogen-bond donors (Lipinski definition) is 2. The Morgan fingerprint density at radius 2 is 2.00 bits per heavy atom. The Kier molecular flexibility index (Phi) is 7.99. The normalized spacial score (nSPS) is 17.2. The summed E-state index contributed by atoms with van der Waals surface area (Å²) in [5.74, 6) is 1.67. The molecule has 1 fully saturated rings. The maximum Gasteiger partial charge on any atom is 0.191 e. The highest BCUT2D eigenvalue weighted by atomic mass is 32.1. The van der Waals surface area contributed by atoms with E-state index < -0.39 is 0 Å². The van der Waals surface area contributed by atoms with E-state index in [1.54, 1.807) is 11.3 Å². The predicted octanol–water partition coefficient (Wildman–Crippen LogP) is 2.94. The van der Waals surface area contributed by atoms with Crippen LogP contribution in [0.1, 0.15) is 48.7 Å². The topological polar surface area (TPSA) is 52.5 Å². The van der Waals surface area contributed by atoms with Gasteiger partial charge in [0.25, 0.3) is 0 Å². The molecule has 0 spiro atoms. The summed E-state index contributed by atoms with van der Waals surface area (Å²) in [4.78, 5) is 13.1. The summed E-state index contributed by atoms with van der Waals surface area (Å²) in [6.45, 7) is 14.8. The summed E-state index contributed by atoms with van der Waals surface area (Å²) in [6.07, 6.45) is 3.84. The third-order valence-electron chi connectivity index (χ3n) is 4.59. The summed E-state index contributed by atoms with van der Waals surface area (Å²) in [5.41, 5.74) is 1.13. The van der Waals surface area contributed by atoms with Gasteiger partial charge in [-0.25, -0.2) is 9.98 Å². The van der Waals surface area contributed by atoms with Crippen molar-refractivity contribution in [3.05, 3.63) is 15.6 Å². The highest BCUT2D eigenvalue weighted by Crippen LogP contribution is 2.18. The average Bonchev–Trinajstić information content (AvgIpc) is 2.90. The Balaban J connectivity index is 1.79. The van der Waals surface area contributed by atoms with Crippen molar-refractivity contribution >= 4 is 17.3 Å². The number of aromatic nitrogens is 1. The van der Waals surface area contributed by atoms with E-state index in [9.17, 15) is 0 Å². The maximum atomic E-state index is 4.70. The van der Waals surface area contributed by atoms with Crippen molar-refractivity contribution in [3.63, 3.8) is 0 Å². The van der Waals surface area contributed by atoms with E-state index in [-0.39, 0.29) is 0 Å². The van der Waals surface area contributed by atoms with E-state index in [0.29, 0.717) is 6.54 Å². The molecular formula is C18H33N5S. The highest BCUT2D eigenvalue weighted by Gasteiger charge is 2.18. The van der Waals surface area contributed by atoms with E-state index in [1.807, 2.05) is 0 Å². The van der Waals surface area contributed by atoms with Gasteiger partial charge in [-0.2, -0.15) is 0 Å². The molecule has 0 bridgehead atoms. The molecule has 1 aromatic heterocycles. The van der Waals surface area contributed by atoms with Crippen molar-refractivity contribution in [2.24, 2.45) is 10.9 Å². The fraction of sp³-hybridized carbons (Fsp3) is 0.778. The molecule has 0 radical (unpaired) electrons. The number of thiazole rings is 1. The molecule has 1 aliphatic rings. The Labute approximate surface area is 151 Å². The van der Waals surface area contributed by atoms with Crippen LogP contribution in [0.25, 0.3) is 0 Å². The summed E-state index contributed by atoms with van der Waals surface area (Å²) in [6, 6.07) is 0. The minimum absolute atomic E-state index is 0.656. The molecule has 0 aliphatic carbocycles. The van der Waals surface area contributed by atoms with Crippen LogP contribution >= 0.6 is 11.3 Å². The molecule has 6 heteroatoms. The second kappa shape index (κ2) is 9.99. The summed E-state index contributed by atoms with van der Waals surface area (Å²) < 4.78 is 0. The van der Waals surface area contributed by atoms with Crippen LogP contribution in [0.2, 0.25) is 0 Å². The van der Waals surface area contributed by atoms with Crippen molar-refractivity contribution in [3.8, 4) is 0 Å².